The van der Waals surface area contributed by atoms with Gasteiger partial charge in [-0.05, 0) is 13.0 Å². The van der Waals surface area contributed by atoms with Gasteiger partial charge in [0.15, 0.2) is 5.76 Å². The summed E-state index contributed by atoms with van der Waals surface area (Å²) >= 11 is 0. The van der Waals surface area contributed by atoms with Crippen LogP contribution in [0, 0.1) is 6.92 Å². The van der Waals surface area contributed by atoms with Crippen molar-refractivity contribution in [3.05, 3.63) is 23.2 Å². The van der Waals surface area contributed by atoms with E-state index in [-0.39, 0.29) is 5.91 Å². The number of furan rings is 1. The minimum Gasteiger partial charge on any atom is -0.456 e. The zero-order valence-electron chi connectivity index (χ0n) is 7.18. The molecular formula is C8H12N2O2. The Bertz CT molecular complexity index is 291. The molecule has 0 aromatic carbocycles. The summed E-state index contributed by atoms with van der Waals surface area (Å²) in [5, 5.41) is 0. The van der Waals surface area contributed by atoms with Crippen molar-refractivity contribution in [2.45, 2.75) is 20.3 Å². The molecule has 1 rings (SSSR count). The van der Waals surface area contributed by atoms with E-state index in [1.165, 1.54) is 0 Å². The first-order valence-corrected chi connectivity index (χ1v) is 3.79. The summed E-state index contributed by atoms with van der Waals surface area (Å²) in [4.78, 5) is 11.0. The lowest BCUT2D eigenvalue weighted by molar-refractivity contribution is 0.0923. The van der Waals surface area contributed by atoms with Gasteiger partial charge in [-0.25, -0.2) is 5.84 Å². The average Bonchev–Trinajstić information content (AvgIpc) is 2.45. The molecule has 1 aromatic heterocycles. The van der Waals surface area contributed by atoms with Crippen LogP contribution in [0.25, 0.3) is 0 Å². The van der Waals surface area contributed by atoms with Crippen LogP contribution in [0.4, 0.5) is 0 Å². The zero-order chi connectivity index (χ0) is 9.14. The van der Waals surface area contributed by atoms with Crippen LogP contribution in [0.15, 0.2) is 10.5 Å². The molecule has 12 heavy (non-hydrogen) atoms. The van der Waals surface area contributed by atoms with Crippen LogP contribution in [0.2, 0.25) is 0 Å². The summed E-state index contributed by atoms with van der Waals surface area (Å²) < 4.78 is 5.22. The third-order valence-electron chi connectivity index (χ3n) is 1.65. The first-order valence-electron chi connectivity index (χ1n) is 3.79. The average molecular weight is 168 g/mol. The lowest BCUT2D eigenvalue weighted by atomic mass is 10.2. The van der Waals surface area contributed by atoms with Crippen LogP contribution in [-0.2, 0) is 6.42 Å². The second kappa shape index (κ2) is 3.40. The van der Waals surface area contributed by atoms with E-state index < -0.39 is 0 Å². The van der Waals surface area contributed by atoms with E-state index in [4.69, 9.17) is 10.3 Å². The highest BCUT2D eigenvalue weighted by Gasteiger charge is 2.13. The lowest BCUT2D eigenvalue weighted by Crippen LogP contribution is -2.30. The Balaban J connectivity index is 2.99. The van der Waals surface area contributed by atoms with Crippen molar-refractivity contribution < 1.29 is 9.21 Å². The fourth-order valence-electron chi connectivity index (χ4n) is 1.01. The lowest BCUT2D eigenvalue weighted by Gasteiger charge is -1.94. The molecule has 0 unspecified atom stereocenters. The number of nitrogens with two attached hydrogens (primary N) is 1. The van der Waals surface area contributed by atoms with Gasteiger partial charge in [0.2, 0.25) is 0 Å². The molecule has 0 fully saturated rings. The second-order valence-electron chi connectivity index (χ2n) is 2.55. The monoisotopic (exact) mass is 168 g/mol. The molecule has 1 heterocycles. The SMILES string of the molecule is CCc1cc(C)c(C(=O)NN)o1. The molecule has 66 valence electrons. The Kier molecular flexibility index (Phi) is 2.50. The van der Waals surface area contributed by atoms with Crippen molar-refractivity contribution >= 4 is 5.91 Å². The van der Waals surface area contributed by atoms with Gasteiger partial charge in [0.05, 0.1) is 0 Å². The van der Waals surface area contributed by atoms with Crippen LogP contribution in [0.3, 0.4) is 0 Å². The number of carbonyl (C=O) groups excluding carboxylic acids is 1. The Hall–Kier alpha value is -1.29. The number of hydrogen-bond donors (Lipinski definition) is 2. The van der Waals surface area contributed by atoms with E-state index in [1.807, 2.05) is 25.3 Å². The molecule has 4 nitrogen and oxygen atoms in total. The predicted molar refractivity (Wildman–Crippen MR) is 44.5 cm³/mol. The molecule has 0 radical (unpaired) electrons. The molecule has 3 N–H and O–H groups in total. The van der Waals surface area contributed by atoms with Gasteiger partial charge in [-0.2, -0.15) is 0 Å². The first kappa shape index (κ1) is 8.80. The fraction of sp³-hybridized carbons (Fsp3) is 0.375. The Morgan fingerprint density at radius 1 is 1.75 bits per heavy atom. The summed E-state index contributed by atoms with van der Waals surface area (Å²) in [6.07, 6.45) is 0.776. The van der Waals surface area contributed by atoms with Gasteiger partial charge < -0.3 is 4.42 Å². The van der Waals surface area contributed by atoms with Gasteiger partial charge in [0, 0.05) is 12.0 Å². The Labute approximate surface area is 70.7 Å². The minimum atomic E-state index is -0.382. The van der Waals surface area contributed by atoms with Crippen molar-refractivity contribution in [2.75, 3.05) is 0 Å². The third kappa shape index (κ3) is 1.48. The van der Waals surface area contributed by atoms with Crippen LogP contribution in [0.5, 0.6) is 0 Å². The molecule has 4 heteroatoms. The summed E-state index contributed by atoms with van der Waals surface area (Å²) in [5.74, 6) is 5.68. The van der Waals surface area contributed by atoms with E-state index >= 15 is 0 Å². The van der Waals surface area contributed by atoms with Crippen LogP contribution < -0.4 is 11.3 Å². The molecule has 0 spiro atoms. The predicted octanol–water partition coefficient (Wildman–Crippen LogP) is 0.754. The summed E-state index contributed by atoms with van der Waals surface area (Å²) in [7, 11) is 0. The van der Waals surface area contributed by atoms with E-state index in [1.54, 1.807) is 0 Å². The molecule has 1 amide bonds. The molecule has 0 aliphatic heterocycles. The zero-order valence-corrected chi connectivity index (χ0v) is 7.18. The summed E-state index contributed by atoms with van der Waals surface area (Å²) in [6, 6.07) is 1.84. The van der Waals surface area contributed by atoms with Crippen molar-refractivity contribution in [3.63, 3.8) is 0 Å². The van der Waals surface area contributed by atoms with E-state index in [0.717, 1.165) is 17.7 Å². The number of nitrogen functional groups attached to an aromatic ring is 1. The molecular weight excluding hydrogens is 156 g/mol. The number of rotatable bonds is 2. The molecule has 1 aromatic rings. The highest BCUT2D eigenvalue weighted by atomic mass is 16.4. The Morgan fingerprint density at radius 2 is 2.42 bits per heavy atom. The van der Waals surface area contributed by atoms with Gasteiger partial charge in [-0.3, -0.25) is 10.2 Å². The molecule has 0 saturated heterocycles. The number of carbonyl (C=O) groups is 1. The maximum absolute atomic E-state index is 11.0. The van der Waals surface area contributed by atoms with Crippen molar-refractivity contribution in [1.82, 2.24) is 5.43 Å². The van der Waals surface area contributed by atoms with Crippen LogP contribution in [0.1, 0.15) is 28.8 Å². The number of nitrogens with one attached hydrogen (secondary N) is 1. The Morgan fingerprint density at radius 3 is 2.83 bits per heavy atom. The topological polar surface area (TPSA) is 68.3 Å². The molecule has 0 aliphatic carbocycles. The summed E-state index contributed by atoms with van der Waals surface area (Å²) in [6.45, 7) is 3.77. The van der Waals surface area contributed by atoms with Gasteiger partial charge >= 0.3 is 5.91 Å². The number of aryl methyl sites for hydroxylation is 2. The van der Waals surface area contributed by atoms with Gasteiger partial charge in [0.25, 0.3) is 0 Å². The van der Waals surface area contributed by atoms with Gasteiger partial charge in [-0.15, -0.1) is 0 Å². The van der Waals surface area contributed by atoms with Crippen molar-refractivity contribution in [1.29, 1.82) is 0 Å². The van der Waals surface area contributed by atoms with E-state index in [2.05, 4.69) is 0 Å². The second-order valence-corrected chi connectivity index (χ2v) is 2.55. The highest BCUT2D eigenvalue weighted by Crippen LogP contribution is 2.14. The smallest absolute Gasteiger partial charge is 0.301 e. The highest BCUT2D eigenvalue weighted by molar-refractivity contribution is 5.92. The molecule has 0 saturated carbocycles. The number of hydrogen-bond acceptors (Lipinski definition) is 3. The maximum Gasteiger partial charge on any atom is 0.301 e. The molecule has 0 bridgehead atoms. The normalized spacial score (nSPS) is 9.92. The van der Waals surface area contributed by atoms with Crippen molar-refractivity contribution in [3.8, 4) is 0 Å². The summed E-state index contributed by atoms with van der Waals surface area (Å²) in [5.41, 5.74) is 2.84. The third-order valence-corrected chi connectivity index (χ3v) is 1.65. The minimum absolute atomic E-state index is 0.300. The van der Waals surface area contributed by atoms with Crippen LogP contribution >= 0.6 is 0 Å². The molecule has 0 atom stereocenters. The largest absolute Gasteiger partial charge is 0.456 e. The quantitative estimate of drug-likeness (QED) is 0.389. The van der Waals surface area contributed by atoms with Crippen LogP contribution in [-0.4, -0.2) is 5.91 Å². The molecule has 0 aliphatic rings. The van der Waals surface area contributed by atoms with Crippen molar-refractivity contribution in [2.24, 2.45) is 5.84 Å². The standard InChI is InChI=1S/C8H12N2O2/c1-3-6-4-5(2)7(12-6)8(11)10-9/h4H,3,9H2,1-2H3,(H,10,11). The fourth-order valence-corrected chi connectivity index (χ4v) is 1.01. The van der Waals surface area contributed by atoms with E-state index in [9.17, 15) is 4.79 Å². The van der Waals surface area contributed by atoms with E-state index in [0.29, 0.717) is 5.76 Å². The first-order chi connectivity index (χ1) is 5.69. The maximum atomic E-state index is 11.0. The van der Waals surface area contributed by atoms with Gasteiger partial charge in [0.1, 0.15) is 5.76 Å². The van der Waals surface area contributed by atoms with Gasteiger partial charge in [-0.1, -0.05) is 6.92 Å². The number of amides is 1. The number of hydrazine groups is 1.